The largest absolute Gasteiger partial charge is 0.379 e. The topological polar surface area (TPSA) is 35.5 Å². The molecule has 0 aliphatic carbocycles. The van der Waals surface area contributed by atoms with Crippen molar-refractivity contribution in [1.82, 2.24) is 0 Å². The summed E-state index contributed by atoms with van der Waals surface area (Å²) < 4.78 is 23.9. The third kappa shape index (κ3) is 17.5. The van der Waals surface area contributed by atoms with Gasteiger partial charge in [0, 0.05) is 28.9 Å². The van der Waals surface area contributed by atoms with E-state index in [1.165, 1.54) is 56.9 Å². The first-order valence-corrected chi connectivity index (χ1v) is 14.2. The molecule has 1 rings (SSSR count). The summed E-state index contributed by atoms with van der Waals surface area (Å²) in [7, 11) is -0.692. The molecule has 2 atom stereocenters. The molecule has 1 aromatic carbocycles. The van der Waals surface area contributed by atoms with E-state index in [9.17, 15) is 4.21 Å². The molecular weight excluding hydrogens is 404 g/mol. The minimum atomic E-state index is -0.692. The molecule has 0 heterocycles. The molecule has 180 valence electrons. The van der Waals surface area contributed by atoms with Crippen LogP contribution >= 0.6 is 0 Å². The number of hydrogen-bond donors (Lipinski definition) is 0. The summed E-state index contributed by atoms with van der Waals surface area (Å²) in [5.41, 5.74) is 1.19. The summed E-state index contributed by atoms with van der Waals surface area (Å²) in [5, 5.41) is 0. The first-order valence-electron chi connectivity index (χ1n) is 12.7. The predicted octanol–water partition coefficient (Wildman–Crippen LogP) is 7.30. The zero-order chi connectivity index (χ0) is 22.6. The van der Waals surface area contributed by atoms with Crippen LogP contribution in [0, 0.1) is 5.92 Å². The van der Waals surface area contributed by atoms with Gasteiger partial charge in [-0.25, -0.2) is 0 Å². The molecule has 0 saturated heterocycles. The summed E-state index contributed by atoms with van der Waals surface area (Å²) >= 11 is 0. The lowest BCUT2D eigenvalue weighted by molar-refractivity contribution is -0.0259. The minimum Gasteiger partial charge on any atom is -0.379 e. The first-order chi connectivity index (χ1) is 15.1. The van der Waals surface area contributed by atoms with Gasteiger partial charge in [-0.3, -0.25) is 4.21 Å². The Morgan fingerprint density at radius 3 is 2.10 bits per heavy atom. The van der Waals surface area contributed by atoms with Crippen LogP contribution in [-0.4, -0.2) is 35.0 Å². The van der Waals surface area contributed by atoms with Crippen LogP contribution in [0.3, 0.4) is 0 Å². The van der Waals surface area contributed by atoms with Gasteiger partial charge in [0.2, 0.25) is 0 Å². The molecule has 0 fully saturated rings. The Labute approximate surface area is 195 Å². The van der Waals surface area contributed by atoms with Crippen molar-refractivity contribution in [2.75, 3.05) is 24.7 Å². The third-order valence-corrected chi connectivity index (χ3v) is 7.14. The second-order valence-electron chi connectivity index (χ2n) is 9.11. The Morgan fingerprint density at radius 2 is 1.45 bits per heavy atom. The van der Waals surface area contributed by atoms with Gasteiger partial charge in [0.15, 0.2) is 0 Å². The molecule has 0 saturated carbocycles. The van der Waals surface area contributed by atoms with Crippen LogP contribution < -0.4 is 0 Å². The second-order valence-corrected chi connectivity index (χ2v) is 10.8. The van der Waals surface area contributed by atoms with Crippen molar-refractivity contribution in [3.8, 4) is 0 Å². The Balaban J connectivity index is 1.89. The van der Waals surface area contributed by atoms with E-state index in [0.29, 0.717) is 19.8 Å². The van der Waals surface area contributed by atoms with Crippen LogP contribution in [0.1, 0.15) is 97.0 Å². The fraction of sp³-hybridized carbons (Fsp3) is 0.778. The van der Waals surface area contributed by atoms with Crippen molar-refractivity contribution in [2.24, 2.45) is 5.92 Å². The molecule has 2 unspecified atom stereocenters. The van der Waals surface area contributed by atoms with Gasteiger partial charge < -0.3 is 9.47 Å². The molecular formula is C27H48O3S. The van der Waals surface area contributed by atoms with E-state index in [1.54, 1.807) is 0 Å². The summed E-state index contributed by atoms with van der Waals surface area (Å²) in [6.07, 6.45) is 13.8. The standard InChI is InChI=1S/C27H48O3S/c1-4-27(30-23-26-18-13-11-14-19-26)24-29-20-16-22-31(28)21-15-10-8-6-5-7-9-12-17-25(2)3/h11,13-14,18-19,25,27H,4-10,12,15-17,20-24H2,1-3H3. The fourth-order valence-corrected chi connectivity index (χ4v) is 4.76. The Hall–Kier alpha value is -0.710. The smallest absolute Gasteiger partial charge is 0.0810 e. The average molecular weight is 453 g/mol. The molecule has 0 N–H and O–H groups in total. The van der Waals surface area contributed by atoms with Crippen LogP contribution in [0.15, 0.2) is 30.3 Å². The van der Waals surface area contributed by atoms with E-state index in [2.05, 4.69) is 32.9 Å². The number of benzene rings is 1. The molecule has 0 spiro atoms. The first kappa shape index (κ1) is 28.3. The highest BCUT2D eigenvalue weighted by Crippen LogP contribution is 2.13. The van der Waals surface area contributed by atoms with Crippen molar-refractivity contribution in [3.05, 3.63) is 35.9 Å². The molecule has 0 bridgehead atoms. The molecule has 1 aromatic rings. The van der Waals surface area contributed by atoms with Gasteiger partial charge in [0.1, 0.15) is 0 Å². The molecule has 3 nitrogen and oxygen atoms in total. The molecule has 0 aliphatic heterocycles. The summed E-state index contributed by atoms with van der Waals surface area (Å²) in [6.45, 7) is 8.66. The van der Waals surface area contributed by atoms with E-state index >= 15 is 0 Å². The zero-order valence-corrected chi connectivity index (χ0v) is 21.3. The van der Waals surface area contributed by atoms with Crippen LogP contribution in [0.5, 0.6) is 0 Å². The monoisotopic (exact) mass is 452 g/mol. The maximum Gasteiger partial charge on any atom is 0.0810 e. The number of hydrogen-bond acceptors (Lipinski definition) is 3. The van der Waals surface area contributed by atoms with Crippen LogP contribution in [0.2, 0.25) is 0 Å². The second kappa shape index (κ2) is 19.9. The van der Waals surface area contributed by atoms with Crippen molar-refractivity contribution in [2.45, 2.75) is 104 Å². The molecule has 0 aliphatic rings. The maximum absolute atomic E-state index is 12.1. The van der Waals surface area contributed by atoms with E-state index in [1.807, 2.05) is 18.2 Å². The van der Waals surface area contributed by atoms with E-state index in [-0.39, 0.29) is 6.10 Å². The van der Waals surface area contributed by atoms with Gasteiger partial charge >= 0.3 is 0 Å². The fourth-order valence-electron chi connectivity index (χ4n) is 3.59. The summed E-state index contributed by atoms with van der Waals surface area (Å²) in [5.74, 6) is 2.46. The van der Waals surface area contributed by atoms with Crippen LogP contribution in [-0.2, 0) is 26.9 Å². The predicted molar refractivity (Wildman–Crippen MR) is 135 cm³/mol. The van der Waals surface area contributed by atoms with Gasteiger partial charge in [0.05, 0.1) is 19.3 Å². The molecule has 31 heavy (non-hydrogen) atoms. The van der Waals surface area contributed by atoms with Crippen LogP contribution in [0.25, 0.3) is 0 Å². The number of ether oxygens (including phenoxy) is 2. The maximum atomic E-state index is 12.1. The normalized spacial score (nSPS) is 13.5. The lowest BCUT2D eigenvalue weighted by atomic mass is 10.0. The summed E-state index contributed by atoms with van der Waals surface area (Å²) in [6, 6.07) is 10.2. The number of rotatable bonds is 21. The lowest BCUT2D eigenvalue weighted by Crippen LogP contribution is -2.19. The van der Waals surface area contributed by atoms with Crippen molar-refractivity contribution in [1.29, 1.82) is 0 Å². The molecule has 4 heteroatoms. The average Bonchev–Trinajstić information content (AvgIpc) is 2.77. The summed E-state index contributed by atoms with van der Waals surface area (Å²) in [4.78, 5) is 0. The van der Waals surface area contributed by atoms with E-state index < -0.39 is 10.8 Å². The highest BCUT2D eigenvalue weighted by Gasteiger charge is 2.07. The van der Waals surface area contributed by atoms with Gasteiger partial charge in [-0.1, -0.05) is 102 Å². The van der Waals surface area contributed by atoms with Gasteiger partial charge in [0.25, 0.3) is 0 Å². The SMILES string of the molecule is CCC(COCCCS(=O)CCCCCCCCCCC(C)C)OCc1ccccc1. The van der Waals surface area contributed by atoms with Crippen molar-refractivity contribution < 1.29 is 13.7 Å². The Morgan fingerprint density at radius 1 is 0.839 bits per heavy atom. The van der Waals surface area contributed by atoms with E-state index in [0.717, 1.165) is 36.7 Å². The molecule has 0 aromatic heterocycles. The van der Waals surface area contributed by atoms with Crippen molar-refractivity contribution in [3.63, 3.8) is 0 Å². The molecule has 0 amide bonds. The lowest BCUT2D eigenvalue weighted by Gasteiger charge is -2.16. The van der Waals surface area contributed by atoms with Crippen LogP contribution in [0.4, 0.5) is 0 Å². The Kier molecular flexibility index (Phi) is 18.2. The number of unbranched alkanes of at least 4 members (excludes halogenated alkanes) is 7. The quantitative estimate of drug-likeness (QED) is 0.183. The molecule has 0 radical (unpaired) electrons. The highest BCUT2D eigenvalue weighted by molar-refractivity contribution is 7.84. The van der Waals surface area contributed by atoms with Gasteiger partial charge in [-0.05, 0) is 30.7 Å². The minimum absolute atomic E-state index is 0.126. The van der Waals surface area contributed by atoms with Gasteiger partial charge in [-0.15, -0.1) is 0 Å². The van der Waals surface area contributed by atoms with E-state index in [4.69, 9.17) is 9.47 Å². The van der Waals surface area contributed by atoms with Gasteiger partial charge in [-0.2, -0.15) is 0 Å². The highest BCUT2D eigenvalue weighted by atomic mass is 32.2. The third-order valence-electron chi connectivity index (χ3n) is 5.65. The zero-order valence-electron chi connectivity index (χ0n) is 20.5. The Bertz CT molecular complexity index is 533. The van der Waals surface area contributed by atoms with Crippen molar-refractivity contribution >= 4 is 10.8 Å².